The van der Waals surface area contributed by atoms with E-state index in [0.29, 0.717) is 11.2 Å². The Kier molecular flexibility index (Phi) is 3.06. The monoisotopic (exact) mass is 326 g/mol. The van der Waals surface area contributed by atoms with E-state index >= 15 is 0 Å². The third-order valence-electron chi connectivity index (χ3n) is 3.66. The fourth-order valence-corrected chi connectivity index (χ4v) is 3.29. The zero-order chi connectivity index (χ0) is 15.3. The van der Waals surface area contributed by atoms with E-state index in [1.807, 2.05) is 19.1 Å². The molecule has 2 aromatic carbocycles. The highest BCUT2D eigenvalue weighted by Gasteiger charge is 2.15. The number of fused-ring (bicyclic) bond motifs is 2. The van der Waals surface area contributed by atoms with Gasteiger partial charge in [0.25, 0.3) is 0 Å². The average Bonchev–Trinajstić information content (AvgIpc) is 2.89. The van der Waals surface area contributed by atoms with Gasteiger partial charge < -0.3 is 4.98 Å². The summed E-state index contributed by atoms with van der Waals surface area (Å²) in [5.41, 5.74) is 3.37. The van der Waals surface area contributed by atoms with Crippen molar-refractivity contribution in [2.24, 2.45) is 0 Å². The van der Waals surface area contributed by atoms with E-state index < -0.39 is 0 Å². The Morgan fingerprint density at radius 3 is 2.86 bits per heavy atom. The van der Waals surface area contributed by atoms with Crippen LogP contribution in [-0.2, 0) is 0 Å². The van der Waals surface area contributed by atoms with Crippen molar-refractivity contribution in [1.29, 1.82) is 0 Å². The van der Waals surface area contributed by atoms with Gasteiger partial charge in [0.15, 0.2) is 5.65 Å². The highest BCUT2D eigenvalue weighted by Crippen LogP contribution is 2.35. The van der Waals surface area contributed by atoms with Crippen molar-refractivity contribution >= 4 is 46.2 Å². The van der Waals surface area contributed by atoms with Crippen LogP contribution in [0.25, 0.3) is 33.3 Å². The van der Waals surface area contributed by atoms with Crippen LogP contribution in [0.5, 0.6) is 0 Å². The smallest absolute Gasteiger partial charge is 0.224 e. The number of hydrogen-bond acceptors (Lipinski definition) is 4. The maximum Gasteiger partial charge on any atom is 0.224 e. The molecule has 0 fully saturated rings. The van der Waals surface area contributed by atoms with E-state index in [0.717, 1.165) is 32.6 Å². The summed E-state index contributed by atoms with van der Waals surface area (Å²) in [5.74, 6) is 0.722. The summed E-state index contributed by atoms with van der Waals surface area (Å²) >= 11 is 10.6. The van der Waals surface area contributed by atoms with Crippen molar-refractivity contribution in [3.8, 4) is 11.4 Å². The molecule has 0 aliphatic rings. The van der Waals surface area contributed by atoms with Crippen molar-refractivity contribution in [1.82, 2.24) is 19.9 Å². The average molecular weight is 327 g/mol. The molecule has 0 aliphatic carbocycles. The predicted molar refractivity (Wildman–Crippen MR) is 91.6 cm³/mol. The molecule has 108 valence electrons. The van der Waals surface area contributed by atoms with Gasteiger partial charge in [-0.15, -0.1) is 12.6 Å². The van der Waals surface area contributed by atoms with Crippen LogP contribution in [0.3, 0.4) is 0 Å². The Labute approximate surface area is 137 Å². The Balaban J connectivity index is 2.03. The Morgan fingerprint density at radius 1 is 1.18 bits per heavy atom. The van der Waals surface area contributed by atoms with Crippen LogP contribution in [-0.4, -0.2) is 19.9 Å². The zero-order valence-electron chi connectivity index (χ0n) is 11.6. The minimum atomic E-state index is 0.198. The van der Waals surface area contributed by atoms with Gasteiger partial charge in [-0.25, -0.2) is 9.97 Å². The first-order chi connectivity index (χ1) is 10.6. The second-order valence-electron chi connectivity index (χ2n) is 5.10. The maximum atomic E-state index is 5.83. The van der Waals surface area contributed by atoms with Crippen LogP contribution in [0.4, 0.5) is 0 Å². The molecular weight excluding hydrogens is 316 g/mol. The molecule has 0 spiro atoms. The molecule has 4 nitrogen and oxygen atoms in total. The molecule has 0 unspecified atom stereocenters. The van der Waals surface area contributed by atoms with Gasteiger partial charge in [-0.3, -0.25) is 0 Å². The fourth-order valence-electron chi connectivity index (χ4n) is 2.67. The van der Waals surface area contributed by atoms with E-state index in [1.54, 1.807) is 6.20 Å². The first kappa shape index (κ1) is 13.5. The molecule has 0 saturated heterocycles. The van der Waals surface area contributed by atoms with Gasteiger partial charge in [-0.1, -0.05) is 30.3 Å². The van der Waals surface area contributed by atoms with Crippen molar-refractivity contribution in [2.45, 2.75) is 11.8 Å². The maximum absolute atomic E-state index is 5.83. The molecule has 0 amide bonds. The van der Waals surface area contributed by atoms with Gasteiger partial charge in [0.2, 0.25) is 5.28 Å². The second-order valence-corrected chi connectivity index (χ2v) is 5.88. The first-order valence-electron chi connectivity index (χ1n) is 6.73. The van der Waals surface area contributed by atoms with Gasteiger partial charge >= 0.3 is 0 Å². The Hall–Kier alpha value is -2.11. The standard InChI is InChI=1S/C16H11ClN4S/c1-8-6-9-4-2-3-5-10(9)13(22)12(8)15-19-11-7-18-16(17)21-14(11)20-15/h2-7,22H,1H3,(H,18,19,20,21). The number of aromatic amines is 1. The highest BCUT2D eigenvalue weighted by molar-refractivity contribution is 7.80. The van der Waals surface area contributed by atoms with Crippen molar-refractivity contribution in [3.63, 3.8) is 0 Å². The van der Waals surface area contributed by atoms with Crippen LogP contribution in [0, 0.1) is 6.92 Å². The number of benzene rings is 2. The molecule has 0 saturated carbocycles. The summed E-state index contributed by atoms with van der Waals surface area (Å²) in [5, 5.41) is 2.45. The van der Waals surface area contributed by atoms with Crippen molar-refractivity contribution < 1.29 is 0 Å². The lowest BCUT2D eigenvalue weighted by Crippen LogP contribution is -1.90. The van der Waals surface area contributed by atoms with Crippen LogP contribution >= 0.6 is 24.2 Å². The second kappa shape index (κ2) is 4.97. The van der Waals surface area contributed by atoms with Crippen molar-refractivity contribution in [3.05, 3.63) is 47.4 Å². The Bertz CT molecular complexity index is 1030. The number of nitrogens with one attached hydrogen (secondary N) is 1. The minimum absolute atomic E-state index is 0.198. The number of aryl methyl sites for hydroxylation is 1. The van der Waals surface area contributed by atoms with E-state index in [9.17, 15) is 0 Å². The summed E-state index contributed by atoms with van der Waals surface area (Å²) in [6, 6.07) is 10.3. The van der Waals surface area contributed by atoms with E-state index in [2.05, 4.69) is 38.1 Å². The van der Waals surface area contributed by atoms with Crippen LogP contribution in [0.1, 0.15) is 5.56 Å². The van der Waals surface area contributed by atoms with Crippen LogP contribution < -0.4 is 0 Å². The highest BCUT2D eigenvalue weighted by atomic mass is 35.5. The molecule has 0 atom stereocenters. The molecule has 0 bridgehead atoms. The Morgan fingerprint density at radius 2 is 2.00 bits per heavy atom. The molecule has 4 aromatic rings. The molecule has 2 aromatic heterocycles. The number of nitrogens with zero attached hydrogens (tertiary/aromatic N) is 3. The topological polar surface area (TPSA) is 54.5 Å². The number of rotatable bonds is 1. The lowest BCUT2D eigenvalue weighted by Gasteiger charge is -2.10. The van der Waals surface area contributed by atoms with Crippen LogP contribution in [0.2, 0.25) is 5.28 Å². The molecule has 0 radical (unpaired) electrons. The van der Waals surface area contributed by atoms with Gasteiger partial charge in [-0.2, -0.15) is 4.98 Å². The molecule has 2 heterocycles. The summed E-state index contributed by atoms with van der Waals surface area (Å²) < 4.78 is 0. The van der Waals surface area contributed by atoms with Gasteiger partial charge in [0.1, 0.15) is 11.3 Å². The quantitative estimate of drug-likeness (QED) is 0.402. The summed E-state index contributed by atoms with van der Waals surface area (Å²) in [6.45, 7) is 2.05. The summed E-state index contributed by atoms with van der Waals surface area (Å²) in [6.07, 6.45) is 1.61. The van der Waals surface area contributed by atoms with Gasteiger partial charge in [-0.05, 0) is 34.9 Å². The largest absolute Gasteiger partial charge is 0.322 e. The SMILES string of the molecule is Cc1cc2ccccc2c(S)c1-c1nc2cnc(Cl)nc2[nH]1. The third-order valence-corrected chi connectivity index (χ3v) is 4.31. The summed E-state index contributed by atoms with van der Waals surface area (Å²) in [4.78, 5) is 16.8. The number of H-pyrrole nitrogens is 1. The molecule has 4 rings (SSSR count). The number of halogens is 1. The molecule has 6 heteroatoms. The normalized spacial score (nSPS) is 11.4. The zero-order valence-corrected chi connectivity index (χ0v) is 13.3. The van der Waals surface area contributed by atoms with Gasteiger partial charge in [0.05, 0.1) is 6.20 Å². The number of aromatic nitrogens is 4. The number of imidazole rings is 1. The lowest BCUT2D eigenvalue weighted by molar-refractivity contribution is 1.20. The van der Waals surface area contributed by atoms with E-state index in [-0.39, 0.29) is 5.28 Å². The molecule has 1 N–H and O–H groups in total. The molecular formula is C16H11ClN4S. The van der Waals surface area contributed by atoms with E-state index in [4.69, 9.17) is 24.2 Å². The minimum Gasteiger partial charge on any atom is -0.322 e. The first-order valence-corrected chi connectivity index (χ1v) is 7.56. The van der Waals surface area contributed by atoms with Crippen LogP contribution in [0.15, 0.2) is 41.4 Å². The van der Waals surface area contributed by atoms with Crippen molar-refractivity contribution in [2.75, 3.05) is 0 Å². The van der Waals surface area contributed by atoms with E-state index in [1.165, 1.54) is 0 Å². The van der Waals surface area contributed by atoms with Gasteiger partial charge in [0, 0.05) is 10.5 Å². The molecule has 0 aliphatic heterocycles. The third kappa shape index (κ3) is 2.05. The summed E-state index contributed by atoms with van der Waals surface area (Å²) in [7, 11) is 0. The number of thiol groups is 1. The molecule has 22 heavy (non-hydrogen) atoms. The number of hydrogen-bond donors (Lipinski definition) is 2. The fraction of sp³-hybridized carbons (Fsp3) is 0.0625. The predicted octanol–water partition coefficient (Wildman–Crippen LogP) is 4.42. The lowest BCUT2D eigenvalue weighted by atomic mass is 10.0.